The zero-order valence-electron chi connectivity index (χ0n) is 15.2. The van der Waals surface area contributed by atoms with Crippen LogP contribution < -0.4 is 10.2 Å². The van der Waals surface area contributed by atoms with Crippen LogP contribution in [0.15, 0.2) is 24.3 Å². The van der Waals surface area contributed by atoms with Gasteiger partial charge in [-0.05, 0) is 30.0 Å². The molecule has 1 aliphatic rings. The summed E-state index contributed by atoms with van der Waals surface area (Å²) in [6, 6.07) is 7.08. The molecule has 1 aromatic rings. The Morgan fingerprint density at radius 2 is 1.92 bits per heavy atom. The molecule has 1 N–H and O–H groups in total. The largest absolute Gasteiger partial charge is 0.467 e. The van der Waals surface area contributed by atoms with E-state index in [2.05, 4.69) is 12.2 Å². The number of hydrogen-bond donors (Lipinski definition) is 1. The number of carbonyl (C=O) groups is 3. The average Bonchev–Trinajstić information content (AvgIpc) is 3.00. The normalized spacial score (nSPS) is 18.4. The van der Waals surface area contributed by atoms with Gasteiger partial charge in [0, 0.05) is 18.7 Å². The quantitative estimate of drug-likeness (QED) is 0.799. The molecule has 1 fully saturated rings. The zero-order chi connectivity index (χ0) is 18.6. The predicted octanol–water partition coefficient (Wildman–Crippen LogP) is 1.92. The summed E-state index contributed by atoms with van der Waals surface area (Å²) < 4.78 is 4.74. The summed E-state index contributed by atoms with van der Waals surface area (Å²) in [7, 11) is 1.30. The van der Waals surface area contributed by atoms with E-state index >= 15 is 0 Å². The highest BCUT2D eigenvalue weighted by Crippen LogP contribution is 2.26. The van der Waals surface area contributed by atoms with Crippen molar-refractivity contribution in [2.75, 3.05) is 18.6 Å². The molecule has 0 saturated carbocycles. The monoisotopic (exact) mass is 346 g/mol. The Bertz CT molecular complexity index is 639. The van der Waals surface area contributed by atoms with Gasteiger partial charge in [-0.3, -0.25) is 9.59 Å². The maximum Gasteiger partial charge on any atom is 0.328 e. The number of nitrogens with one attached hydrogen (secondary N) is 1. The van der Waals surface area contributed by atoms with E-state index in [1.165, 1.54) is 12.7 Å². The summed E-state index contributed by atoms with van der Waals surface area (Å²) in [4.78, 5) is 38.2. The first-order valence-electron chi connectivity index (χ1n) is 8.64. The van der Waals surface area contributed by atoms with E-state index in [1.807, 2.05) is 38.1 Å². The molecular weight excluding hydrogens is 320 g/mol. The van der Waals surface area contributed by atoms with Gasteiger partial charge in [0.05, 0.1) is 13.0 Å². The number of nitrogens with zero attached hydrogens (tertiary/aromatic N) is 1. The van der Waals surface area contributed by atoms with Crippen LogP contribution in [-0.2, 0) is 25.5 Å². The van der Waals surface area contributed by atoms with Gasteiger partial charge in [-0.2, -0.15) is 0 Å². The van der Waals surface area contributed by atoms with Crippen LogP contribution >= 0.6 is 0 Å². The third-order valence-electron chi connectivity index (χ3n) is 4.57. The lowest BCUT2D eigenvalue weighted by molar-refractivity contribution is -0.146. The van der Waals surface area contributed by atoms with Gasteiger partial charge in [0.25, 0.3) is 0 Å². The fourth-order valence-electron chi connectivity index (χ4n) is 2.94. The van der Waals surface area contributed by atoms with Crippen molar-refractivity contribution in [1.82, 2.24) is 5.32 Å². The first kappa shape index (κ1) is 19.0. The van der Waals surface area contributed by atoms with Crippen molar-refractivity contribution in [3.63, 3.8) is 0 Å². The Kier molecular flexibility index (Phi) is 6.17. The SMILES string of the molecule is CCc1ccc(N2CC(C(=O)NC(C(=O)OC)C(C)C)CC2=O)cc1. The Morgan fingerprint density at radius 1 is 1.28 bits per heavy atom. The molecule has 0 spiro atoms. The molecule has 25 heavy (non-hydrogen) atoms. The predicted molar refractivity (Wildman–Crippen MR) is 95.1 cm³/mol. The number of methoxy groups -OCH3 is 1. The number of benzene rings is 1. The number of carbonyl (C=O) groups excluding carboxylic acids is 3. The third kappa shape index (κ3) is 4.38. The molecule has 1 aromatic carbocycles. The molecule has 2 amide bonds. The number of aryl methyl sites for hydroxylation is 1. The minimum Gasteiger partial charge on any atom is -0.467 e. The van der Waals surface area contributed by atoms with Crippen LogP contribution in [-0.4, -0.2) is 37.5 Å². The van der Waals surface area contributed by atoms with Crippen LogP contribution in [0.2, 0.25) is 0 Å². The van der Waals surface area contributed by atoms with Crippen LogP contribution in [0.25, 0.3) is 0 Å². The zero-order valence-corrected chi connectivity index (χ0v) is 15.2. The summed E-state index contributed by atoms with van der Waals surface area (Å²) in [5, 5.41) is 2.73. The van der Waals surface area contributed by atoms with E-state index in [0.29, 0.717) is 6.54 Å². The van der Waals surface area contributed by atoms with Gasteiger partial charge in [0.15, 0.2) is 0 Å². The van der Waals surface area contributed by atoms with E-state index in [1.54, 1.807) is 4.90 Å². The number of hydrogen-bond acceptors (Lipinski definition) is 4. The Labute approximate surface area is 148 Å². The van der Waals surface area contributed by atoms with Gasteiger partial charge in [-0.1, -0.05) is 32.9 Å². The van der Waals surface area contributed by atoms with E-state index in [9.17, 15) is 14.4 Å². The van der Waals surface area contributed by atoms with Crippen molar-refractivity contribution < 1.29 is 19.1 Å². The maximum absolute atomic E-state index is 12.5. The molecule has 1 aliphatic heterocycles. The molecule has 0 aliphatic carbocycles. The molecule has 1 saturated heterocycles. The summed E-state index contributed by atoms with van der Waals surface area (Å²) in [5.41, 5.74) is 1.99. The van der Waals surface area contributed by atoms with E-state index in [0.717, 1.165) is 12.1 Å². The Morgan fingerprint density at radius 3 is 2.44 bits per heavy atom. The summed E-state index contributed by atoms with van der Waals surface area (Å²) in [6.45, 7) is 6.07. The molecule has 1 heterocycles. The smallest absolute Gasteiger partial charge is 0.328 e. The summed E-state index contributed by atoms with van der Waals surface area (Å²) in [5.74, 6) is -1.40. The second kappa shape index (κ2) is 8.14. The Balaban J connectivity index is 2.05. The van der Waals surface area contributed by atoms with Gasteiger partial charge in [-0.25, -0.2) is 4.79 Å². The lowest BCUT2D eigenvalue weighted by Crippen LogP contribution is -2.47. The van der Waals surface area contributed by atoms with Crippen molar-refractivity contribution >= 4 is 23.5 Å². The molecule has 6 nitrogen and oxygen atoms in total. The topological polar surface area (TPSA) is 75.7 Å². The minimum atomic E-state index is -0.703. The highest BCUT2D eigenvalue weighted by atomic mass is 16.5. The van der Waals surface area contributed by atoms with Crippen LogP contribution in [0.3, 0.4) is 0 Å². The fourth-order valence-corrected chi connectivity index (χ4v) is 2.94. The summed E-state index contributed by atoms with van der Waals surface area (Å²) >= 11 is 0. The van der Waals surface area contributed by atoms with Gasteiger partial charge in [0.2, 0.25) is 11.8 Å². The van der Waals surface area contributed by atoms with Crippen molar-refractivity contribution in [3.8, 4) is 0 Å². The van der Waals surface area contributed by atoms with E-state index in [4.69, 9.17) is 4.74 Å². The molecule has 0 aromatic heterocycles. The van der Waals surface area contributed by atoms with Crippen molar-refractivity contribution in [3.05, 3.63) is 29.8 Å². The fraction of sp³-hybridized carbons (Fsp3) is 0.526. The van der Waals surface area contributed by atoms with Crippen molar-refractivity contribution in [2.45, 2.75) is 39.7 Å². The first-order valence-corrected chi connectivity index (χ1v) is 8.64. The third-order valence-corrected chi connectivity index (χ3v) is 4.57. The van der Waals surface area contributed by atoms with Crippen LogP contribution in [0.4, 0.5) is 5.69 Å². The van der Waals surface area contributed by atoms with E-state index < -0.39 is 17.9 Å². The molecule has 6 heteroatoms. The number of esters is 1. The number of rotatable bonds is 6. The number of amides is 2. The summed E-state index contributed by atoms with van der Waals surface area (Å²) in [6.07, 6.45) is 1.08. The second-order valence-electron chi connectivity index (χ2n) is 6.68. The van der Waals surface area contributed by atoms with Crippen LogP contribution in [0.5, 0.6) is 0 Å². The average molecular weight is 346 g/mol. The van der Waals surface area contributed by atoms with Gasteiger partial charge in [-0.15, -0.1) is 0 Å². The molecule has 2 unspecified atom stereocenters. The van der Waals surface area contributed by atoms with Gasteiger partial charge < -0.3 is 15.0 Å². The molecule has 2 rings (SSSR count). The lowest BCUT2D eigenvalue weighted by Gasteiger charge is -2.22. The second-order valence-corrected chi connectivity index (χ2v) is 6.68. The number of anilines is 1. The standard InChI is InChI=1S/C19H26N2O4/c1-5-13-6-8-15(9-7-13)21-11-14(10-16(21)22)18(23)20-17(12(2)3)19(24)25-4/h6-9,12,14,17H,5,10-11H2,1-4H3,(H,20,23). The molecule has 0 radical (unpaired) electrons. The lowest BCUT2D eigenvalue weighted by atomic mass is 10.0. The molecule has 136 valence electrons. The van der Waals surface area contributed by atoms with Gasteiger partial charge >= 0.3 is 5.97 Å². The van der Waals surface area contributed by atoms with E-state index in [-0.39, 0.29) is 24.2 Å². The molecule has 0 bridgehead atoms. The molecular formula is C19H26N2O4. The molecule has 2 atom stereocenters. The van der Waals surface area contributed by atoms with Crippen LogP contribution in [0, 0.1) is 11.8 Å². The first-order chi connectivity index (χ1) is 11.9. The minimum absolute atomic E-state index is 0.0800. The maximum atomic E-state index is 12.5. The van der Waals surface area contributed by atoms with Gasteiger partial charge in [0.1, 0.15) is 6.04 Å². The highest BCUT2D eigenvalue weighted by molar-refractivity contribution is 6.00. The number of ether oxygens (including phenoxy) is 1. The highest BCUT2D eigenvalue weighted by Gasteiger charge is 2.37. The Hall–Kier alpha value is -2.37. The van der Waals surface area contributed by atoms with Crippen LogP contribution in [0.1, 0.15) is 32.8 Å². The van der Waals surface area contributed by atoms with Crippen molar-refractivity contribution in [1.29, 1.82) is 0 Å². The van der Waals surface area contributed by atoms with Crippen molar-refractivity contribution in [2.24, 2.45) is 11.8 Å².